The molecule has 1 rings (SSSR count). The Morgan fingerprint density at radius 2 is 2.43 bits per heavy atom. The van der Waals surface area contributed by atoms with Crippen LogP contribution in [0.4, 0.5) is 0 Å². The fourth-order valence-electron chi connectivity index (χ4n) is 0.862. The van der Waals surface area contributed by atoms with Gasteiger partial charge in [0.05, 0.1) is 12.9 Å². The number of terminal acetylenes is 1. The van der Waals surface area contributed by atoms with Gasteiger partial charge in [0.15, 0.2) is 5.03 Å². The number of aryl methyl sites for hydroxylation is 1. The molecular weight excluding hydrogens is 202 g/mol. The van der Waals surface area contributed by atoms with Crippen LogP contribution in [-0.2, 0) is 16.6 Å². The van der Waals surface area contributed by atoms with Crippen LogP contribution in [0.1, 0.15) is 6.92 Å². The lowest BCUT2D eigenvalue weighted by Gasteiger charge is -1.98. The van der Waals surface area contributed by atoms with Gasteiger partial charge in [-0.05, 0) is 6.92 Å². The molecule has 0 aliphatic heterocycles. The summed E-state index contributed by atoms with van der Waals surface area (Å²) in [6.45, 7) is 2.55. The zero-order valence-corrected chi connectivity index (χ0v) is 8.58. The molecule has 1 aromatic rings. The molecule has 0 amide bonds. The topological polar surface area (TPSA) is 64.0 Å². The summed E-state index contributed by atoms with van der Waals surface area (Å²) in [5, 5.41) is -0.00500. The van der Waals surface area contributed by atoms with Gasteiger partial charge in [-0.15, -0.1) is 6.42 Å². The Morgan fingerprint density at radius 1 is 1.71 bits per heavy atom. The highest BCUT2D eigenvalue weighted by atomic mass is 32.2. The average molecular weight is 213 g/mol. The quantitative estimate of drug-likeness (QED) is 0.705. The zero-order valence-electron chi connectivity index (χ0n) is 7.77. The number of nitrogens with zero attached hydrogens (tertiary/aromatic N) is 2. The highest BCUT2D eigenvalue weighted by Crippen LogP contribution is 2.03. The SMILES string of the molecule is C#CCNS(=O)(=O)c1cn(CC)cn1. The first kappa shape index (κ1) is 10.8. The molecule has 1 aromatic heterocycles. The van der Waals surface area contributed by atoms with E-state index in [0.29, 0.717) is 6.54 Å². The van der Waals surface area contributed by atoms with Crippen molar-refractivity contribution < 1.29 is 8.42 Å². The molecule has 14 heavy (non-hydrogen) atoms. The second-order valence-electron chi connectivity index (χ2n) is 2.57. The van der Waals surface area contributed by atoms with Crippen LogP contribution in [-0.4, -0.2) is 24.5 Å². The van der Waals surface area contributed by atoms with Crippen LogP contribution in [0.25, 0.3) is 0 Å². The standard InChI is InChI=1S/C8H11N3O2S/c1-3-5-10-14(12,13)8-6-11(4-2)7-9-8/h1,6-7,10H,4-5H2,2H3. The summed E-state index contributed by atoms with van der Waals surface area (Å²) in [7, 11) is -3.54. The van der Waals surface area contributed by atoms with Crippen molar-refractivity contribution in [3.63, 3.8) is 0 Å². The van der Waals surface area contributed by atoms with Crippen LogP contribution < -0.4 is 4.72 Å². The molecule has 0 saturated carbocycles. The normalized spacial score (nSPS) is 11.1. The maximum Gasteiger partial charge on any atom is 0.260 e. The van der Waals surface area contributed by atoms with Gasteiger partial charge in [-0.25, -0.2) is 13.4 Å². The summed E-state index contributed by atoms with van der Waals surface area (Å²) in [5.74, 6) is 2.19. The summed E-state index contributed by atoms with van der Waals surface area (Å²) >= 11 is 0. The predicted octanol–water partition coefficient (Wildman–Crippen LogP) is -0.186. The monoisotopic (exact) mass is 213 g/mol. The van der Waals surface area contributed by atoms with Gasteiger partial charge in [0.2, 0.25) is 0 Å². The largest absolute Gasteiger partial charge is 0.336 e. The van der Waals surface area contributed by atoms with E-state index >= 15 is 0 Å². The molecule has 0 aromatic carbocycles. The van der Waals surface area contributed by atoms with Gasteiger partial charge < -0.3 is 4.57 Å². The van der Waals surface area contributed by atoms with Crippen LogP contribution in [0.2, 0.25) is 0 Å². The van der Waals surface area contributed by atoms with E-state index in [9.17, 15) is 8.42 Å². The van der Waals surface area contributed by atoms with Gasteiger partial charge in [0.1, 0.15) is 0 Å². The second-order valence-corrected chi connectivity index (χ2v) is 4.28. The van der Waals surface area contributed by atoms with Crippen LogP contribution in [0.15, 0.2) is 17.6 Å². The van der Waals surface area contributed by atoms with Crippen molar-refractivity contribution in [3.05, 3.63) is 12.5 Å². The highest BCUT2D eigenvalue weighted by molar-refractivity contribution is 7.89. The van der Waals surface area contributed by atoms with Crippen molar-refractivity contribution >= 4 is 10.0 Å². The minimum absolute atomic E-state index is 0.00500. The van der Waals surface area contributed by atoms with E-state index in [4.69, 9.17) is 6.42 Å². The first-order valence-electron chi connectivity index (χ1n) is 4.05. The molecule has 5 nitrogen and oxygen atoms in total. The zero-order chi connectivity index (χ0) is 10.6. The van der Waals surface area contributed by atoms with Crippen LogP contribution >= 0.6 is 0 Å². The van der Waals surface area contributed by atoms with Gasteiger partial charge in [-0.1, -0.05) is 5.92 Å². The lowest BCUT2D eigenvalue weighted by atomic mass is 10.7. The molecule has 0 saturated heterocycles. The number of hydrogen-bond donors (Lipinski definition) is 1. The van der Waals surface area contributed by atoms with E-state index in [1.807, 2.05) is 6.92 Å². The molecule has 0 aliphatic rings. The number of rotatable bonds is 4. The lowest BCUT2D eigenvalue weighted by Crippen LogP contribution is -2.24. The Morgan fingerprint density at radius 3 is 2.93 bits per heavy atom. The van der Waals surface area contributed by atoms with Crippen LogP contribution in [0.5, 0.6) is 0 Å². The lowest BCUT2D eigenvalue weighted by molar-refractivity contribution is 0.582. The number of imidazole rings is 1. The Kier molecular flexibility index (Phi) is 3.28. The van der Waals surface area contributed by atoms with Crippen molar-refractivity contribution in [2.24, 2.45) is 0 Å². The first-order chi connectivity index (χ1) is 6.60. The van der Waals surface area contributed by atoms with Gasteiger partial charge in [0.25, 0.3) is 10.0 Å². The maximum atomic E-state index is 11.4. The van der Waals surface area contributed by atoms with Gasteiger partial charge in [0, 0.05) is 12.7 Å². The summed E-state index contributed by atoms with van der Waals surface area (Å²) in [5.41, 5.74) is 0. The Hall–Kier alpha value is -1.32. The van der Waals surface area contributed by atoms with Crippen molar-refractivity contribution in [1.29, 1.82) is 0 Å². The van der Waals surface area contributed by atoms with Crippen LogP contribution in [0.3, 0.4) is 0 Å². The summed E-state index contributed by atoms with van der Waals surface area (Å²) in [4.78, 5) is 3.76. The summed E-state index contributed by atoms with van der Waals surface area (Å²) in [6, 6.07) is 0. The third-order valence-corrected chi connectivity index (χ3v) is 2.90. The van der Waals surface area contributed by atoms with E-state index in [1.54, 1.807) is 4.57 Å². The average Bonchev–Trinajstić information content (AvgIpc) is 2.63. The molecule has 1 heterocycles. The van der Waals surface area contributed by atoms with Gasteiger partial charge in [-0.3, -0.25) is 0 Å². The van der Waals surface area contributed by atoms with E-state index in [-0.39, 0.29) is 11.6 Å². The van der Waals surface area contributed by atoms with E-state index < -0.39 is 10.0 Å². The highest BCUT2D eigenvalue weighted by Gasteiger charge is 2.15. The number of aromatic nitrogens is 2. The van der Waals surface area contributed by atoms with Crippen LogP contribution in [0, 0.1) is 12.3 Å². The number of sulfonamides is 1. The number of nitrogens with one attached hydrogen (secondary N) is 1. The minimum atomic E-state index is -3.54. The molecule has 0 radical (unpaired) electrons. The third kappa shape index (κ3) is 2.34. The second kappa shape index (κ2) is 4.26. The smallest absolute Gasteiger partial charge is 0.260 e. The Balaban J connectivity index is 2.88. The molecule has 0 atom stereocenters. The van der Waals surface area contributed by atoms with Crippen molar-refractivity contribution in [2.45, 2.75) is 18.5 Å². The molecule has 0 aliphatic carbocycles. The summed E-state index contributed by atoms with van der Waals surface area (Å²) in [6.07, 6.45) is 7.86. The predicted molar refractivity (Wildman–Crippen MR) is 51.9 cm³/mol. The van der Waals surface area contributed by atoms with E-state index in [2.05, 4.69) is 15.6 Å². The fraction of sp³-hybridized carbons (Fsp3) is 0.375. The Bertz CT molecular complexity index is 441. The first-order valence-corrected chi connectivity index (χ1v) is 5.53. The van der Waals surface area contributed by atoms with Crippen molar-refractivity contribution in [3.8, 4) is 12.3 Å². The Labute approximate surface area is 83.2 Å². The number of hydrogen-bond acceptors (Lipinski definition) is 3. The van der Waals surface area contributed by atoms with Gasteiger partial charge >= 0.3 is 0 Å². The third-order valence-electron chi connectivity index (χ3n) is 1.61. The van der Waals surface area contributed by atoms with Crippen molar-refractivity contribution in [2.75, 3.05) is 6.54 Å². The molecule has 6 heteroatoms. The molecule has 0 spiro atoms. The fourth-order valence-corrected chi connectivity index (χ4v) is 1.74. The van der Waals surface area contributed by atoms with Gasteiger partial charge in [-0.2, -0.15) is 4.72 Å². The van der Waals surface area contributed by atoms with E-state index in [0.717, 1.165) is 0 Å². The minimum Gasteiger partial charge on any atom is -0.336 e. The maximum absolute atomic E-state index is 11.4. The van der Waals surface area contributed by atoms with E-state index in [1.165, 1.54) is 12.5 Å². The molecule has 0 fully saturated rings. The molecule has 0 unspecified atom stereocenters. The molecule has 1 N–H and O–H groups in total. The molecule has 0 bridgehead atoms. The summed E-state index contributed by atoms with van der Waals surface area (Å²) < 4.78 is 26.8. The molecular formula is C8H11N3O2S. The van der Waals surface area contributed by atoms with Crippen molar-refractivity contribution in [1.82, 2.24) is 14.3 Å². The molecule has 76 valence electrons.